The van der Waals surface area contributed by atoms with Crippen molar-refractivity contribution < 1.29 is 14.3 Å². The van der Waals surface area contributed by atoms with Gasteiger partial charge in [0.05, 0.1) is 14.2 Å². The second-order valence-corrected chi connectivity index (χ2v) is 5.19. The largest absolute Gasteiger partial charge is 0.493 e. The number of amides is 1. The molecule has 0 aliphatic heterocycles. The summed E-state index contributed by atoms with van der Waals surface area (Å²) >= 11 is 0. The minimum absolute atomic E-state index is 0.122. The van der Waals surface area contributed by atoms with Crippen molar-refractivity contribution in [1.82, 2.24) is 5.32 Å². The van der Waals surface area contributed by atoms with Gasteiger partial charge < -0.3 is 14.8 Å². The maximum absolute atomic E-state index is 11.9. The number of hydrogen-bond acceptors (Lipinski definition) is 3. The van der Waals surface area contributed by atoms with Crippen LogP contribution in [-0.2, 0) is 11.2 Å². The number of carbonyl (C=O) groups is 1. The van der Waals surface area contributed by atoms with E-state index in [0.717, 1.165) is 41.9 Å². The van der Waals surface area contributed by atoms with Gasteiger partial charge in [0.2, 0.25) is 5.91 Å². The van der Waals surface area contributed by atoms with Gasteiger partial charge in [-0.3, -0.25) is 4.79 Å². The summed E-state index contributed by atoms with van der Waals surface area (Å²) in [4.78, 5) is 11.9. The maximum Gasteiger partial charge on any atom is 0.223 e. The summed E-state index contributed by atoms with van der Waals surface area (Å²) in [6.45, 7) is 6.78. The molecule has 0 saturated heterocycles. The first kappa shape index (κ1) is 17.3. The average molecular weight is 293 g/mol. The number of methoxy groups -OCH3 is 2. The highest BCUT2D eigenvalue weighted by Gasteiger charge is 2.14. The molecule has 0 bridgehead atoms. The summed E-state index contributed by atoms with van der Waals surface area (Å²) < 4.78 is 10.6. The van der Waals surface area contributed by atoms with Crippen molar-refractivity contribution in [3.05, 3.63) is 23.3 Å². The minimum atomic E-state index is 0.122. The monoisotopic (exact) mass is 293 g/mol. The summed E-state index contributed by atoms with van der Waals surface area (Å²) in [5.74, 6) is 1.74. The van der Waals surface area contributed by atoms with E-state index in [-0.39, 0.29) is 11.8 Å². The first-order valence-electron chi connectivity index (χ1n) is 7.56. The molecular weight excluding hydrogens is 266 g/mol. The topological polar surface area (TPSA) is 47.6 Å². The van der Waals surface area contributed by atoms with E-state index in [9.17, 15) is 4.79 Å². The SMILES string of the molecule is CCC(CC)C(=O)NCCc1cc(OC)c(OC)cc1C. The fraction of sp³-hybridized carbons (Fsp3) is 0.588. The lowest BCUT2D eigenvalue weighted by molar-refractivity contribution is -0.125. The lowest BCUT2D eigenvalue weighted by atomic mass is 10.0. The summed E-state index contributed by atoms with van der Waals surface area (Å²) in [5.41, 5.74) is 2.31. The molecule has 0 aliphatic carbocycles. The first-order valence-corrected chi connectivity index (χ1v) is 7.56. The molecule has 0 radical (unpaired) electrons. The van der Waals surface area contributed by atoms with Crippen LogP contribution in [0.3, 0.4) is 0 Å². The quantitative estimate of drug-likeness (QED) is 0.801. The van der Waals surface area contributed by atoms with E-state index in [4.69, 9.17) is 9.47 Å². The maximum atomic E-state index is 11.9. The van der Waals surface area contributed by atoms with Crippen LogP contribution in [0.25, 0.3) is 0 Å². The Morgan fingerprint density at radius 2 is 1.71 bits per heavy atom. The number of aryl methyl sites for hydroxylation is 1. The van der Waals surface area contributed by atoms with Crippen LogP contribution in [0.5, 0.6) is 11.5 Å². The minimum Gasteiger partial charge on any atom is -0.493 e. The Morgan fingerprint density at radius 3 is 2.24 bits per heavy atom. The Labute approximate surface area is 127 Å². The van der Waals surface area contributed by atoms with Gasteiger partial charge in [0.25, 0.3) is 0 Å². The molecule has 0 aliphatic rings. The van der Waals surface area contributed by atoms with E-state index in [0.29, 0.717) is 6.54 Å². The Balaban J connectivity index is 2.65. The van der Waals surface area contributed by atoms with Crippen LogP contribution < -0.4 is 14.8 Å². The number of benzene rings is 1. The van der Waals surface area contributed by atoms with Crippen molar-refractivity contribution in [2.75, 3.05) is 20.8 Å². The van der Waals surface area contributed by atoms with Gasteiger partial charge in [-0.1, -0.05) is 13.8 Å². The second kappa shape index (κ2) is 8.55. The van der Waals surface area contributed by atoms with Gasteiger partial charge in [-0.05, 0) is 49.4 Å². The summed E-state index contributed by atoms with van der Waals surface area (Å²) in [7, 11) is 3.26. The fourth-order valence-corrected chi connectivity index (χ4v) is 2.42. The van der Waals surface area contributed by atoms with E-state index >= 15 is 0 Å². The smallest absolute Gasteiger partial charge is 0.223 e. The van der Waals surface area contributed by atoms with Gasteiger partial charge in [-0.2, -0.15) is 0 Å². The molecule has 4 heteroatoms. The van der Waals surface area contributed by atoms with Crippen LogP contribution in [0.1, 0.15) is 37.8 Å². The van der Waals surface area contributed by atoms with E-state index in [2.05, 4.69) is 5.32 Å². The predicted octanol–water partition coefficient (Wildman–Crippen LogP) is 3.11. The molecule has 4 nitrogen and oxygen atoms in total. The van der Waals surface area contributed by atoms with Crippen LogP contribution in [0, 0.1) is 12.8 Å². The zero-order chi connectivity index (χ0) is 15.8. The molecule has 0 unspecified atom stereocenters. The van der Waals surface area contributed by atoms with Gasteiger partial charge in [-0.25, -0.2) is 0 Å². The molecule has 0 aromatic heterocycles. The zero-order valence-electron chi connectivity index (χ0n) is 13.8. The lowest BCUT2D eigenvalue weighted by Gasteiger charge is -2.15. The molecule has 1 aromatic rings. The second-order valence-electron chi connectivity index (χ2n) is 5.19. The molecule has 1 amide bonds. The molecule has 0 fully saturated rings. The highest BCUT2D eigenvalue weighted by Crippen LogP contribution is 2.30. The van der Waals surface area contributed by atoms with Crippen LogP contribution in [0.4, 0.5) is 0 Å². The van der Waals surface area contributed by atoms with Crippen LogP contribution in [0.2, 0.25) is 0 Å². The van der Waals surface area contributed by atoms with Crippen LogP contribution in [0.15, 0.2) is 12.1 Å². The van der Waals surface area contributed by atoms with Gasteiger partial charge >= 0.3 is 0 Å². The van der Waals surface area contributed by atoms with E-state index in [1.807, 2.05) is 32.9 Å². The molecule has 0 atom stereocenters. The number of rotatable bonds is 8. The third kappa shape index (κ3) is 4.66. The Kier molecular flexibility index (Phi) is 7.06. The molecule has 0 saturated carbocycles. The number of hydrogen-bond donors (Lipinski definition) is 1. The Hall–Kier alpha value is -1.71. The van der Waals surface area contributed by atoms with Gasteiger partial charge in [0.15, 0.2) is 11.5 Å². The highest BCUT2D eigenvalue weighted by atomic mass is 16.5. The molecular formula is C17H27NO3. The lowest BCUT2D eigenvalue weighted by Crippen LogP contribution is -2.31. The molecule has 1 aromatic carbocycles. The zero-order valence-corrected chi connectivity index (χ0v) is 13.8. The van der Waals surface area contributed by atoms with Crippen molar-refractivity contribution in [3.63, 3.8) is 0 Å². The van der Waals surface area contributed by atoms with E-state index in [1.54, 1.807) is 14.2 Å². The number of nitrogens with one attached hydrogen (secondary N) is 1. The summed E-state index contributed by atoms with van der Waals surface area (Å²) in [6.07, 6.45) is 2.56. The van der Waals surface area contributed by atoms with Crippen molar-refractivity contribution in [3.8, 4) is 11.5 Å². The van der Waals surface area contributed by atoms with Gasteiger partial charge in [0, 0.05) is 12.5 Å². The van der Waals surface area contributed by atoms with E-state index < -0.39 is 0 Å². The molecule has 1 N–H and O–H groups in total. The van der Waals surface area contributed by atoms with Crippen LogP contribution >= 0.6 is 0 Å². The fourth-order valence-electron chi connectivity index (χ4n) is 2.42. The van der Waals surface area contributed by atoms with Crippen molar-refractivity contribution in [2.45, 2.75) is 40.0 Å². The average Bonchev–Trinajstić information content (AvgIpc) is 2.49. The van der Waals surface area contributed by atoms with Gasteiger partial charge in [-0.15, -0.1) is 0 Å². The Morgan fingerprint density at radius 1 is 1.14 bits per heavy atom. The number of carbonyl (C=O) groups excluding carboxylic acids is 1. The molecule has 1 rings (SSSR count). The summed E-state index contributed by atoms with van der Waals surface area (Å²) in [5, 5.41) is 3.02. The molecule has 118 valence electrons. The Bertz CT molecular complexity index is 467. The normalized spacial score (nSPS) is 10.6. The van der Waals surface area contributed by atoms with Gasteiger partial charge in [0.1, 0.15) is 0 Å². The molecule has 0 spiro atoms. The van der Waals surface area contributed by atoms with Crippen molar-refractivity contribution >= 4 is 5.91 Å². The highest BCUT2D eigenvalue weighted by molar-refractivity contribution is 5.78. The molecule has 0 heterocycles. The predicted molar refractivity (Wildman–Crippen MR) is 85.1 cm³/mol. The first-order chi connectivity index (χ1) is 10.1. The summed E-state index contributed by atoms with van der Waals surface area (Å²) in [6, 6.07) is 3.95. The third-order valence-electron chi connectivity index (χ3n) is 3.89. The van der Waals surface area contributed by atoms with Crippen LogP contribution in [-0.4, -0.2) is 26.7 Å². The van der Waals surface area contributed by atoms with Crippen molar-refractivity contribution in [1.29, 1.82) is 0 Å². The number of ether oxygens (including phenoxy) is 2. The van der Waals surface area contributed by atoms with Crippen molar-refractivity contribution in [2.24, 2.45) is 5.92 Å². The molecule has 21 heavy (non-hydrogen) atoms. The third-order valence-corrected chi connectivity index (χ3v) is 3.89. The standard InChI is InChI=1S/C17H27NO3/c1-6-13(7-2)17(19)18-9-8-14-11-16(21-5)15(20-4)10-12(14)3/h10-11,13H,6-9H2,1-5H3,(H,18,19). The van der Waals surface area contributed by atoms with E-state index in [1.165, 1.54) is 0 Å².